The summed E-state index contributed by atoms with van der Waals surface area (Å²) in [5.74, 6) is -0.239. The predicted molar refractivity (Wildman–Crippen MR) is 93.2 cm³/mol. The number of hydrogen-bond donors (Lipinski definition) is 0. The highest BCUT2D eigenvalue weighted by Gasteiger charge is 2.33. The summed E-state index contributed by atoms with van der Waals surface area (Å²) in [7, 11) is 0. The van der Waals surface area contributed by atoms with Crippen molar-refractivity contribution in [2.24, 2.45) is 0 Å². The minimum atomic E-state index is -0.337. The SMILES string of the molecule is CCCCCCCCCCCCOC(=O)C1CCCN1C(C)=O. The highest BCUT2D eigenvalue weighted by Crippen LogP contribution is 2.18. The molecule has 1 rings (SSSR count). The summed E-state index contributed by atoms with van der Waals surface area (Å²) >= 11 is 0. The van der Waals surface area contributed by atoms with Crippen LogP contribution in [0.2, 0.25) is 0 Å². The van der Waals surface area contributed by atoms with Gasteiger partial charge >= 0.3 is 5.97 Å². The maximum atomic E-state index is 12.0. The van der Waals surface area contributed by atoms with E-state index < -0.39 is 0 Å². The van der Waals surface area contributed by atoms with E-state index in [1.165, 1.54) is 58.3 Å². The molecule has 0 radical (unpaired) electrons. The molecule has 1 amide bonds. The fraction of sp³-hybridized carbons (Fsp3) is 0.895. The molecule has 0 saturated carbocycles. The molecule has 1 atom stereocenters. The van der Waals surface area contributed by atoms with E-state index in [4.69, 9.17) is 4.74 Å². The van der Waals surface area contributed by atoms with E-state index in [9.17, 15) is 9.59 Å². The van der Waals surface area contributed by atoms with E-state index in [1.807, 2.05) is 0 Å². The van der Waals surface area contributed by atoms with Crippen molar-refractivity contribution in [3.63, 3.8) is 0 Å². The molecule has 1 aliphatic rings. The monoisotopic (exact) mass is 325 g/mol. The summed E-state index contributed by atoms with van der Waals surface area (Å²) in [5, 5.41) is 0. The Balaban J connectivity index is 1.94. The van der Waals surface area contributed by atoms with E-state index in [0.717, 1.165) is 25.7 Å². The number of carbonyl (C=O) groups is 2. The summed E-state index contributed by atoms with van der Waals surface area (Å²) in [4.78, 5) is 25.1. The lowest BCUT2D eigenvalue weighted by Crippen LogP contribution is -2.40. The van der Waals surface area contributed by atoms with Crippen LogP contribution >= 0.6 is 0 Å². The molecule has 4 nitrogen and oxygen atoms in total. The van der Waals surface area contributed by atoms with Gasteiger partial charge in [-0.3, -0.25) is 4.79 Å². The lowest BCUT2D eigenvalue weighted by atomic mass is 10.1. The van der Waals surface area contributed by atoms with Crippen molar-refractivity contribution in [3.05, 3.63) is 0 Å². The van der Waals surface area contributed by atoms with Crippen LogP contribution in [0.3, 0.4) is 0 Å². The fourth-order valence-electron chi connectivity index (χ4n) is 3.25. The Morgan fingerprint density at radius 1 is 0.957 bits per heavy atom. The lowest BCUT2D eigenvalue weighted by molar-refractivity contribution is -0.153. The number of esters is 1. The molecule has 4 heteroatoms. The smallest absolute Gasteiger partial charge is 0.328 e. The number of hydrogen-bond acceptors (Lipinski definition) is 3. The second-order valence-corrected chi connectivity index (χ2v) is 6.72. The third kappa shape index (κ3) is 8.38. The van der Waals surface area contributed by atoms with Crippen LogP contribution in [0.1, 0.15) is 90.9 Å². The summed E-state index contributed by atoms with van der Waals surface area (Å²) in [6.07, 6.45) is 14.4. The number of unbranched alkanes of at least 4 members (excludes halogenated alkanes) is 9. The third-order valence-corrected chi connectivity index (χ3v) is 4.67. The first-order valence-electron chi connectivity index (χ1n) is 9.60. The number of amides is 1. The summed E-state index contributed by atoms with van der Waals surface area (Å²) in [6, 6.07) is -0.337. The average molecular weight is 325 g/mol. The second-order valence-electron chi connectivity index (χ2n) is 6.72. The standard InChI is InChI=1S/C19H35NO3/c1-3-4-5-6-7-8-9-10-11-12-16-23-19(22)18-14-13-15-20(18)17(2)21/h18H,3-16H2,1-2H3. The molecule has 1 aliphatic heterocycles. The van der Waals surface area contributed by atoms with Gasteiger partial charge in [-0.15, -0.1) is 0 Å². The van der Waals surface area contributed by atoms with Crippen molar-refractivity contribution < 1.29 is 14.3 Å². The van der Waals surface area contributed by atoms with Crippen LogP contribution in [0.4, 0.5) is 0 Å². The summed E-state index contributed by atoms with van der Waals surface area (Å²) in [6.45, 7) is 4.95. The van der Waals surface area contributed by atoms with Crippen molar-refractivity contribution in [2.75, 3.05) is 13.2 Å². The number of carbonyl (C=O) groups excluding carboxylic acids is 2. The molecule has 0 aromatic heterocycles. The third-order valence-electron chi connectivity index (χ3n) is 4.67. The van der Waals surface area contributed by atoms with E-state index in [0.29, 0.717) is 13.2 Å². The van der Waals surface area contributed by atoms with Crippen molar-refractivity contribution in [3.8, 4) is 0 Å². The first-order valence-corrected chi connectivity index (χ1v) is 9.60. The van der Waals surface area contributed by atoms with Crippen molar-refractivity contribution in [1.29, 1.82) is 0 Å². The Morgan fingerprint density at radius 3 is 2.09 bits per heavy atom. The number of ether oxygens (including phenoxy) is 1. The molecule has 23 heavy (non-hydrogen) atoms. The normalized spacial score (nSPS) is 17.5. The molecular formula is C19H35NO3. The van der Waals surface area contributed by atoms with Gasteiger partial charge in [0.1, 0.15) is 6.04 Å². The van der Waals surface area contributed by atoms with Crippen LogP contribution < -0.4 is 0 Å². The Kier molecular flexibility index (Phi) is 10.8. The largest absolute Gasteiger partial charge is 0.464 e. The maximum Gasteiger partial charge on any atom is 0.328 e. The summed E-state index contributed by atoms with van der Waals surface area (Å²) < 4.78 is 5.35. The molecule has 1 fully saturated rings. The van der Waals surface area contributed by atoms with Gasteiger partial charge in [0.2, 0.25) is 5.91 Å². The van der Waals surface area contributed by atoms with E-state index >= 15 is 0 Å². The number of likely N-dealkylation sites (tertiary alicyclic amines) is 1. The van der Waals surface area contributed by atoms with Crippen LogP contribution in [-0.4, -0.2) is 36.0 Å². The predicted octanol–water partition coefficient (Wildman–Crippen LogP) is 4.46. The molecule has 1 heterocycles. The lowest BCUT2D eigenvalue weighted by Gasteiger charge is -2.21. The zero-order valence-electron chi connectivity index (χ0n) is 15.1. The molecule has 1 unspecified atom stereocenters. The first-order chi connectivity index (χ1) is 11.2. The maximum absolute atomic E-state index is 12.0. The molecule has 1 saturated heterocycles. The molecule has 0 N–H and O–H groups in total. The zero-order valence-corrected chi connectivity index (χ0v) is 15.1. The van der Waals surface area contributed by atoms with Gasteiger partial charge in [0.25, 0.3) is 0 Å². The Hall–Kier alpha value is -1.06. The minimum absolute atomic E-state index is 0.0246. The quantitative estimate of drug-likeness (QED) is 0.393. The summed E-state index contributed by atoms with van der Waals surface area (Å²) in [5.41, 5.74) is 0. The van der Waals surface area contributed by atoms with E-state index in [1.54, 1.807) is 4.90 Å². The highest BCUT2D eigenvalue weighted by molar-refractivity contribution is 5.83. The van der Waals surface area contributed by atoms with Gasteiger partial charge in [-0.05, 0) is 19.3 Å². The van der Waals surface area contributed by atoms with Gasteiger partial charge in [-0.1, -0.05) is 64.7 Å². The fourth-order valence-corrected chi connectivity index (χ4v) is 3.25. The van der Waals surface area contributed by atoms with Crippen LogP contribution in [0, 0.1) is 0 Å². The van der Waals surface area contributed by atoms with Crippen LogP contribution in [0.25, 0.3) is 0 Å². The topological polar surface area (TPSA) is 46.6 Å². The number of rotatable bonds is 12. The van der Waals surface area contributed by atoms with Crippen molar-refractivity contribution in [2.45, 2.75) is 96.9 Å². The Labute approximate surface area is 141 Å². The number of nitrogens with zero attached hydrogens (tertiary/aromatic N) is 1. The van der Waals surface area contributed by atoms with Crippen LogP contribution in [-0.2, 0) is 14.3 Å². The highest BCUT2D eigenvalue weighted by atomic mass is 16.5. The molecule has 0 aromatic rings. The van der Waals surface area contributed by atoms with Gasteiger partial charge < -0.3 is 9.64 Å². The van der Waals surface area contributed by atoms with Crippen molar-refractivity contribution >= 4 is 11.9 Å². The average Bonchev–Trinajstić information content (AvgIpc) is 3.02. The molecule has 0 aliphatic carbocycles. The van der Waals surface area contributed by atoms with Gasteiger partial charge in [-0.2, -0.15) is 0 Å². The van der Waals surface area contributed by atoms with Gasteiger partial charge in [0, 0.05) is 13.5 Å². The van der Waals surface area contributed by atoms with Crippen LogP contribution in [0.15, 0.2) is 0 Å². The molecule has 134 valence electrons. The first kappa shape index (κ1) is 20.0. The molecular weight excluding hydrogens is 290 g/mol. The minimum Gasteiger partial charge on any atom is -0.464 e. The Morgan fingerprint density at radius 2 is 1.52 bits per heavy atom. The van der Waals surface area contributed by atoms with E-state index in [-0.39, 0.29) is 17.9 Å². The van der Waals surface area contributed by atoms with E-state index in [2.05, 4.69) is 6.92 Å². The zero-order chi connectivity index (χ0) is 16.9. The van der Waals surface area contributed by atoms with Crippen molar-refractivity contribution in [1.82, 2.24) is 4.90 Å². The van der Waals surface area contributed by atoms with Gasteiger partial charge in [0.05, 0.1) is 6.61 Å². The Bertz CT molecular complexity index is 344. The van der Waals surface area contributed by atoms with Gasteiger partial charge in [-0.25, -0.2) is 4.79 Å². The molecule has 0 bridgehead atoms. The van der Waals surface area contributed by atoms with Crippen LogP contribution in [0.5, 0.6) is 0 Å². The second kappa shape index (κ2) is 12.4. The molecule has 0 spiro atoms. The van der Waals surface area contributed by atoms with Gasteiger partial charge in [0.15, 0.2) is 0 Å². The molecule has 0 aromatic carbocycles.